The van der Waals surface area contributed by atoms with Gasteiger partial charge in [0.1, 0.15) is 0 Å². The van der Waals surface area contributed by atoms with Gasteiger partial charge in [-0.3, -0.25) is 9.69 Å². The van der Waals surface area contributed by atoms with Crippen LogP contribution in [0.2, 0.25) is 0 Å². The van der Waals surface area contributed by atoms with Crippen LogP contribution in [0.25, 0.3) is 0 Å². The van der Waals surface area contributed by atoms with Crippen molar-refractivity contribution in [3.8, 4) is 12.3 Å². The van der Waals surface area contributed by atoms with Crippen LogP contribution in [0.5, 0.6) is 0 Å². The molecule has 2 rings (SSSR count). The molecule has 0 saturated carbocycles. The Morgan fingerprint density at radius 3 is 2.89 bits per heavy atom. The molecule has 100 valence electrons. The van der Waals surface area contributed by atoms with E-state index in [0.717, 1.165) is 45.3 Å². The molecule has 0 aromatic carbocycles. The van der Waals surface area contributed by atoms with Gasteiger partial charge in [0.25, 0.3) is 0 Å². The second-order valence-electron chi connectivity index (χ2n) is 5.12. The zero-order chi connectivity index (χ0) is 12.8. The highest BCUT2D eigenvalue weighted by molar-refractivity contribution is 5.82. The number of carbonyl (C=O) groups excluding carboxylic acids is 1. The number of likely N-dealkylation sites (tertiary alicyclic amines) is 1. The average Bonchev–Trinajstić information content (AvgIpc) is 2.89. The van der Waals surface area contributed by atoms with Gasteiger partial charge in [0.05, 0.1) is 6.04 Å². The molecule has 18 heavy (non-hydrogen) atoms. The number of hydrogen-bond donors (Lipinski definition) is 2. The molecule has 1 unspecified atom stereocenters. The van der Waals surface area contributed by atoms with E-state index in [1.165, 1.54) is 0 Å². The number of terminal acetylenes is 1. The molecule has 0 radical (unpaired) electrons. The molecular formula is C14H23N3O. The Hall–Kier alpha value is -1.05. The van der Waals surface area contributed by atoms with Crippen LogP contribution >= 0.6 is 0 Å². The monoisotopic (exact) mass is 249 g/mol. The fourth-order valence-corrected chi connectivity index (χ4v) is 3.02. The highest BCUT2D eigenvalue weighted by Gasteiger charge is 2.35. The first-order valence-electron chi connectivity index (χ1n) is 7.00. The van der Waals surface area contributed by atoms with E-state index < -0.39 is 0 Å². The minimum Gasteiger partial charge on any atom is -0.354 e. The fourth-order valence-electron chi connectivity index (χ4n) is 3.02. The second kappa shape index (κ2) is 6.77. The quantitative estimate of drug-likeness (QED) is 0.558. The molecule has 0 aromatic heterocycles. The molecule has 0 aromatic rings. The molecule has 2 aliphatic rings. The minimum atomic E-state index is 0.0749. The zero-order valence-corrected chi connectivity index (χ0v) is 11.0. The Morgan fingerprint density at radius 2 is 2.17 bits per heavy atom. The Balaban J connectivity index is 1.86. The van der Waals surface area contributed by atoms with E-state index in [2.05, 4.69) is 21.5 Å². The van der Waals surface area contributed by atoms with Crippen molar-refractivity contribution in [1.29, 1.82) is 0 Å². The normalized spacial score (nSPS) is 25.8. The van der Waals surface area contributed by atoms with Gasteiger partial charge in [-0.05, 0) is 45.3 Å². The van der Waals surface area contributed by atoms with E-state index in [0.29, 0.717) is 19.0 Å². The molecule has 2 saturated heterocycles. The van der Waals surface area contributed by atoms with Gasteiger partial charge in [-0.2, -0.15) is 0 Å². The molecule has 1 atom stereocenters. The molecule has 0 bridgehead atoms. The van der Waals surface area contributed by atoms with Crippen molar-refractivity contribution in [3.05, 3.63) is 0 Å². The SMILES string of the molecule is C#CCCNC(=O)C1CCCN1C1CCNCC1. The van der Waals surface area contributed by atoms with E-state index in [1.54, 1.807) is 0 Å². The molecule has 0 aliphatic carbocycles. The predicted molar refractivity (Wildman–Crippen MR) is 72.1 cm³/mol. The van der Waals surface area contributed by atoms with Crippen molar-refractivity contribution in [1.82, 2.24) is 15.5 Å². The van der Waals surface area contributed by atoms with Gasteiger partial charge in [0.15, 0.2) is 0 Å². The summed E-state index contributed by atoms with van der Waals surface area (Å²) in [6.45, 7) is 3.82. The third-order valence-electron chi connectivity index (χ3n) is 3.94. The summed E-state index contributed by atoms with van der Waals surface area (Å²) >= 11 is 0. The summed E-state index contributed by atoms with van der Waals surface area (Å²) < 4.78 is 0. The maximum Gasteiger partial charge on any atom is 0.237 e. The highest BCUT2D eigenvalue weighted by Crippen LogP contribution is 2.24. The number of nitrogens with one attached hydrogen (secondary N) is 2. The highest BCUT2D eigenvalue weighted by atomic mass is 16.2. The second-order valence-corrected chi connectivity index (χ2v) is 5.12. The molecular weight excluding hydrogens is 226 g/mol. The van der Waals surface area contributed by atoms with E-state index in [9.17, 15) is 4.79 Å². The van der Waals surface area contributed by atoms with Crippen molar-refractivity contribution < 1.29 is 4.79 Å². The predicted octanol–water partition coefficient (Wildman–Crippen LogP) is 0.342. The molecule has 1 amide bonds. The molecule has 2 aliphatic heterocycles. The van der Waals surface area contributed by atoms with Crippen molar-refractivity contribution in [2.45, 2.75) is 44.2 Å². The summed E-state index contributed by atoms with van der Waals surface area (Å²) in [5, 5.41) is 6.33. The third-order valence-corrected chi connectivity index (χ3v) is 3.94. The smallest absolute Gasteiger partial charge is 0.237 e. The molecule has 2 N–H and O–H groups in total. The van der Waals surface area contributed by atoms with E-state index in [1.807, 2.05) is 0 Å². The Kier molecular flexibility index (Phi) is 5.03. The van der Waals surface area contributed by atoms with Gasteiger partial charge >= 0.3 is 0 Å². The van der Waals surface area contributed by atoms with Gasteiger partial charge < -0.3 is 10.6 Å². The van der Waals surface area contributed by atoms with Crippen LogP contribution in [-0.4, -0.2) is 49.1 Å². The van der Waals surface area contributed by atoms with Crippen molar-refractivity contribution in [2.75, 3.05) is 26.2 Å². The number of amides is 1. The number of carbonyl (C=O) groups is 1. The lowest BCUT2D eigenvalue weighted by Gasteiger charge is -2.35. The molecule has 4 nitrogen and oxygen atoms in total. The lowest BCUT2D eigenvalue weighted by atomic mass is 10.0. The first-order chi connectivity index (χ1) is 8.83. The first kappa shape index (κ1) is 13.4. The van der Waals surface area contributed by atoms with Crippen LogP contribution in [0.3, 0.4) is 0 Å². The zero-order valence-electron chi connectivity index (χ0n) is 11.0. The van der Waals surface area contributed by atoms with Crippen LogP contribution < -0.4 is 10.6 Å². The maximum atomic E-state index is 12.1. The Bertz CT molecular complexity index is 317. The standard InChI is InChI=1S/C14H23N3O/c1-2-3-8-16-14(18)13-5-4-11-17(13)12-6-9-15-10-7-12/h1,12-13,15H,3-11H2,(H,16,18). The lowest BCUT2D eigenvalue weighted by molar-refractivity contribution is -0.126. The van der Waals surface area contributed by atoms with Crippen molar-refractivity contribution >= 4 is 5.91 Å². The van der Waals surface area contributed by atoms with Gasteiger partial charge in [0.2, 0.25) is 5.91 Å². The van der Waals surface area contributed by atoms with Gasteiger partial charge in [-0.25, -0.2) is 0 Å². The molecule has 2 fully saturated rings. The average molecular weight is 249 g/mol. The van der Waals surface area contributed by atoms with Gasteiger partial charge in [0, 0.05) is 19.0 Å². The molecule has 2 heterocycles. The summed E-state index contributed by atoms with van der Waals surface area (Å²) in [6.07, 6.45) is 10.3. The maximum absolute atomic E-state index is 12.1. The number of hydrogen-bond acceptors (Lipinski definition) is 3. The number of nitrogens with zero attached hydrogens (tertiary/aromatic N) is 1. The molecule has 4 heteroatoms. The van der Waals surface area contributed by atoms with Crippen LogP contribution in [0.1, 0.15) is 32.1 Å². The van der Waals surface area contributed by atoms with Gasteiger partial charge in [-0.15, -0.1) is 12.3 Å². The summed E-state index contributed by atoms with van der Waals surface area (Å²) in [5.74, 6) is 2.72. The van der Waals surface area contributed by atoms with E-state index >= 15 is 0 Å². The third kappa shape index (κ3) is 3.24. The Labute approximate surface area is 109 Å². The van der Waals surface area contributed by atoms with E-state index in [4.69, 9.17) is 6.42 Å². The largest absolute Gasteiger partial charge is 0.354 e. The molecule has 0 spiro atoms. The van der Waals surface area contributed by atoms with Crippen LogP contribution in [-0.2, 0) is 4.79 Å². The lowest BCUT2D eigenvalue weighted by Crippen LogP contribution is -2.50. The van der Waals surface area contributed by atoms with Crippen LogP contribution in [0, 0.1) is 12.3 Å². The van der Waals surface area contributed by atoms with Crippen molar-refractivity contribution in [3.63, 3.8) is 0 Å². The topological polar surface area (TPSA) is 44.4 Å². The van der Waals surface area contributed by atoms with Gasteiger partial charge in [-0.1, -0.05) is 0 Å². The van der Waals surface area contributed by atoms with Crippen LogP contribution in [0.4, 0.5) is 0 Å². The Morgan fingerprint density at radius 1 is 1.39 bits per heavy atom. The summed E-state index contributed by atoms with van der Waals surface area (Å²) in [6, 6.07) is 0.656. The first-order valence-corrected chi connectivity index (χ1v) is 7.00. The van der Waals surface area contributed by atoms with E-state index in [-0.39, 0.29) is 11.9 Å². The number of rotatable bonds is 4. The summed E-state index contributed by atoms with van der Waals surface area (Å²) in [4.78, 5) is 14.5. The fraction of sp³-hybridized carbons (Fsp3) is 0.786. The summed E-state index contributed by atoms with van der Waals surface area (Å²) in [5.41, 5.74) is 0. The summed E-state index contributed by atoms with van der Waals surface area (Å²) in [7, 11) is 0. The van der Waals surface area contributed by atoms with Crippen molar-refractivity contribution in [2.24, 2.45) is 0 Å². The number of piperidine rings is 1. The van der Waals surface area contributed by atoms with Crippen LogP contribution in [0.15, 0.2) is 0 Å². The minimum absolute atomic E-state index is 0.0749.